The van der Waals surface area contributed by atoms with Crippen LogP contribution in [0.4, 0.5) is 13.2 Å². The second-order valence-corrected chi connectivity index (χ2v) is 9.95. The van der Waals surface area contributed by atoms with Crippen LogP contribution < -0.4 is 23.1 Å². The van der Waals surface area contributed by atoms with Gasteiger partial charge in [-0.15, -0.1) is 0 Å². The van der Waals surface area contributed by atoms with E-state index in [0.29, 0.717) is 11.3 Å². The van der Waals surface area contributed by atoms with Gasteiger partial charge >= 0.3 is 15.6 Å². The molecular weight excluding hydrogens is 505 g/mol. The predicted molar refractivity (Wildman–Crippen MR) is 116 cm³/mol. The maximum Gasteiger partial charge on any atom is 0.534 e. The van der Waals surface area contributed by atoms with E-state index < -0.39 is 37.0 Å². The Hall–Kier alpha value is -3.13. The van der Waals surface area contributed by atoms with Gasteiger partial charge in [-0.3, -0.25) is 0 Å². The van der Waals surface area contributed by atoms with Crippen LogP contribution in [0.5, 0.6) is 28.7 Å². The van der Waals surface area contributed by atoms with Crippen molar-refractivity contribution in [3.8, 4) is 28.7 Å². The molecule has 0 atom stereocenters. The molecule has 0 fully saturated rings. The number of hydrogen-bond acceptors (Lipinski definition) is 9. The first-order chi connectivity index (χ1) is 15.8. The molecule has 14 heteroatoms. The van der Waals surface area contributed by atoms with Crippen molar-refractivity contribution < 1.29 is 53.1 Å². The third-order valence-electron chi connectivity index (χ3n) is 4.27. The molecule has 9 nitrogen and oxygen atoms in total. The molecule has 0 bridgehead atoms. The normalized spacial score (nSPS) is 12.4. The summed E-state index contributed by atoms with van der Waals surface area (Å²) in [6, 6.07) is 6.20. The van der Waals surface area contributed by atoms with Gasteiger partial charge in [0.25, 0.3) is 0 Å². The van der Waals surface area contributed by atoms with Gasteiger partial charge in [-0.1, -0.05) is 6.07 Å². The van der Waals surface area contributed by atoms with Gasteiger partial charge in [-0.25, -0.2) is 8.42 Å². The Kier molecular flexibility index (Phi) is 8.31. The van der Waals surface area contributed by atoms with E-state index in [2.05, 4.69) is 4.18 Å². The average Bonchev–Trinajstić information content (AvgIpc) is 2.76. The number of rotatable bonds is 10. The monoisotopic (exact) mass is 526 g/mol. The summed E-state index contributed by atoms with van der Waals surface area (Å²) < 4.78 is 111. The summed E-state index contributed by atoms with van der Waals surface area (Å²) in [5.41, 5.74) is -5.44. The molecule has 0 saturated carbocycles. The van der Waals surface area contributed by atoms with Gasteiger partial charge in [0.15, 0.2) is 21.3 Å². The molecule has 0 spiro atoms. The molecule has 0 aromatic heterocycles. The number of methoxy groups -OCH3 is 4. The topological polar surface area (TPSA) is 114 Å². The molecule has 2 aromatic carbocycles. The fraction of sp³-hybridized carbons (Fsp3) is 0.300. The van der Waals surface area contributed by atoms with Gasteiger partial charge in [0.2, 0.25) is 0 Å². The molecular formula is C20H21F3O9S2. The maximum absolute atomic E-state index is 12.7. The van der Waals surface area contributed by atoms with Gasteiger partial charge in [-0.2, -0.15) is 21.6 Å². The Bertz CT molecular complexity index is 1240. The Labute approximate surface area is 194 Å². The molecule has 0 radical (unpaired) electrons. The average molecular weight is 527 g/mol. The van der Waals surface area contributed by atoms with Crippen LogP contribution in [0.1, 0.15) is 11.1 Å². The zero-order valence-corrected chi connectivity index (χ0v) is 20.0. The van der Waals surface area contributed by atoms with Crippen LogP contribution in [0.25, 0.3) is 6.08 Å². The molecule has 0 saturated heterocycles. The van der Waals surface area contributed by atoms with E-state index in [1.807, 2.05) is 0 Å². The standard InChI is InChI=1S/C20H21F3O9S2/c1-28-14-10-17(30-3)15(18(11-14)31-4)7-8-33(24,25)12-13-5-6-16(29-2)19(9-13)32-34(26,27)20(21,22)23/h5-11H,12H2,1-4H3. The van der Waals surface area contributed by atoms with E-state index >= 15 is 0 Å². The summed E-state index contributed by atoms with van der Waals surface area (Å²) >= 11 is 0. The number of hydrogen-bond donors (Lipinski definition) is 0. The van der Waals surface area contributed by atoms with E-state index in [1.54, 1.807) is 0 Å². The van der Waals surface area contributed by atoms with Crippen molar-refractivity contribution in [1.82, 2.24) is 0 Å². The second-order valence-electron chi connectivity index (χ2n) is 6.52. The van der Waals surface area contributed by atoms with Crippen molar-refractivity contribution in [3.63, 3.8) is 0 Å². The highest BCUT2D eigenvalue weighted by molar-refractivity contribution is 7.93. The van der Waals surface area contributed by atoms with Crippen molar-refractivity contribution in [2.45, 2.75) is 11.3 Å². The van der Waals surface area contributed by atoms with Crippen LogP contribution in [-0.2, 0) is 25.7 Å². The van der Waals surface area contributed by atoms with Gasteiger partial charge in [0, 0.05) is 17.5 Å². The molecule has 0 unspecified atom stereocenters. The lowest BCUT2D eigenvalue weighted by atomic mass is 10.1. The van der Waals surface area contributed by atoms with Gasteiger partial charge in [0.1, 0.15) is 17.2 Å². The SMILES string of the molecule is COc1cc(OC)c(C=CS(=O)(=O)Cc2ccc(OC)c(OS(=O)(=O)C(F)(F)F)c2)c(OC)c1. The molecule has 0 amide bonds. The van der Waals surface area contributed by atoms with E-state index in [1.165, 1.54) is 45.6 Å². The zero-order valence-electron chi connectivity index (χ0n) is 18.4. The highest BCUT2D eigenvalue weighted by Gasteiger charge is 2.49. The number of halogens is 3. The Morgan fingerprint density at radius 1 is 0.794 bits per heavy atom. The number of ether oxygens (including phenoxy) is 4. The second kappa shape index (κ2) is 10.4. The quantitative estimate of drug-likeness (QED) is 0.339. The first-order valence-electron chi connectivity index (χ1n) is 9.15. The Balaban J connectivity index is 2.38. The van der Waals surface area contributed by atoms with Crippen molar-refractivity contribution in [3.05, 3.63) is 46.9 Å². The van der Waals surface area contributed by atoms with Crippen molar-refractivity contribution >= 4 is 26.0 Å². The van der Waals surface area contributed by atoms with Gasteiger partial charge in [-0.05, 0) is 23.8 Å². The summed E-state index contributed by atoms with van der Waals surface area (Å²) in [6.45, 7) is 0. The Morgan fingerprint density at radius 2 is 1.35 bits per heavy atom. The lowest BCUT2D eigenvalue weighted by Gasteiger charge is -2.13. The summed E-state index contributed by atoms with van der Waals surface area (Å²) in [5, 5.41) is 0.858. The molecule has 2 rings (SSSR count). The summed E-state index contributed by atoms with van der Waals surface area (Å²) in [4.78, 5) is 0. The lowest BCUT2D eigenvalue weighted by Crippen LogP contribution is -2.28. The summed E-state index contributed by atoms with van der Waals surface area (Å²) in [5.74, 6) is -0.891. The van der Waals surface area contributed by atoms with E-state index in [4.69, 9.17) is 18.9 Å². The Morgan fingerprint density at radius 3 is 1.82 bits per heavy atom. The first-order valence-corrected chi connectivity index (χ1v) is 12.3. The third-order valence-corrected chi connectivity index (χ3v) is 6.53. The van der Waals surface area contributed by atoms with Gasteiger partial charge < -0.3 is 23.1 Å². The molecule has 2 aromatic rings. The van der Waals surface area contributed by atoms with Crippen LogP contribution in [0.3, 0.4) is 0 Å². The van der Waals surface area contributed by atoms with Crippen LogP contribution in [0, 0.1) is 0 Å². The van der Waals surface area contributed by atoms with E-state index in [-0.39, 0.29) is 22.8 Å². The fourth-order valence-electron chi connectivity index (χ4n) is 2.69. The smallest absolute Gasteiger partial charge is 0.496 e. The summed E-state index contributed by atoms with van der Waals surface area (Å²) in [7, 11) is -4.74. The predicted octanol–water partition coefficient (Wildman–Crippen LogP) is 3.54. The van der Waals surface area contributed by atoms with Crippen molar-refractivity contribution in [2.24, 2.45) is 0 Å². The lowest BCUT2D eigenvalue weighted by molar-refractivity contribution is -0.0500. The molecule has 0 aliphatic carbocycles. The molecule has 0 aliphatic heterocycles. The summed E-state index contributed by atoms with van der Waals surface area (Å²) in [6.07, 6.45) is 1.22. The number of sulfone groups is 1. The van der Waals surface area contributed by atoms with Crippen molar-refractivity contribution in [2.75, 3.05) is 28.4 Å². The van der Waals surface area contributed by atoms with E-state index in [9.17, 15) is 30.0 Å². The molecule has 34 heavy (non-hydrogen) atoms. The first kappa shape index (κ1) is 27.1. The number of benzene rings is 2. The van der Waals surface area contributed by atoms with E-state index in [0.717, 1.165) is 24.7 Å². The van der Waals surface area contributed by atoms with Crippen LogP contribution in [-0.4, -0.2) is 50.8 Å². The molecule has 188 valence electrons. The highest BCUT2D eigenvalue weighted by atomic mass is 32.2. The van der Waals surface area contributed by atoms with Gasteiger partial charge in [0.05, 0.1) is 39.8 Å². The minimum atomic E-state index is -5.99. The van der Waals surface area contributed by atoms with Crippen LogP contribution >= 0.6 is 0 Å². The molecule has 0 N–H and O–H groups in total. The molecule has 0 aliphatic rings. The minimum Gasteiger partial charge on any atom is -0.496 e. The largest absolute Gasteiger partial charge is 0.534 e. The molecule has 0 heterocycles. The fourth-order valence-corrected chi connectivity index (χ4v) is 4.24. The van der Waals surface area contributed by atoms with Crippen molar-refractivity contribution in [1.29, 1.82) is 0 Å². The maximum atomic E-state index is 12.7. The number of alkyl halides is 3. The zero-order chi connectivity index (χ0) is 25.7. The third kappa shape index (κ3) is 6.47. The highest BCUT2D eigenvalue weighted by Crippen LogP contribution is 2.36. The van der Waals surface area contributed by atoms with Crippen LogP contribution in [0.2, 0.25) is 0 Å². The minimum absolute atomic E-state index is 0.0496. The van der Waals surface area contributed by atoms with Crippen LogP contribution in [0.15, 0.2) is 35.7 Å².